The van der Waals surface area contributed by atoms with Gasteiger partial charge in [0.05, 0.1) is 0 Å². The molecule has 0 aromatic rings. The van der Waals surface area contributed by atoms with Crippen molar-refractivity contribution < 1.29 is 24.9 Å². The largest absolute Gasteiger partial charge is 0.376 e. The smallest absolute Gasteiger partial charge is 0.327 e. The third-order valence-corrected chi connectivity index (χ3v) is 2.74. The highest BCUT2D eigenvalue weighted by molar-refractivity contribution is 5.84. The van der Waals surface area contributed by atoms with Crippen molar-refractivity contribution in [3.05, 3.63) is 0 Å². The third kappa shape index (κ3) is 1.22. The number of fused-ring (bicyclic) bond motifs is 1. The van der Waals surface area contributed by atoms with Gasteiger partial charge in [0.1, 0.15) is 26.4 Å². The SMILES string of the molecule is O=C1N[C@@H]2[C@@H](N1CO)N(CO)C(=O)N2CO. The Hall–Kier alpha value is -1.58. The Bertz CT molecular complexity index is 322. The average Bonchev–Trinajstić information content (AvgIpc) is 2.70. The maximum atomic E-state index is 11.6. The highest BCUT2D eigenvalue weighted by Gasteiger charge is 2.54. The number of nitrogens with zero attached hydrogens (tertiary/aromatic N) is 3. The Kier molecular flexibility index (Phi) is 2.58. The van der Waals surface area contributed by atoms with Crippen LogP contribution < -0.4 is 5.32 Å². The number of urea groups is 2. The molecule has 0 bridgehead atoms. The lowest BCUT2D eigenvalue weighted by molar-refractivity contribution is 0.0260. The fourth-order valence-electron chi connectivity index (χ4n) is 1.99. The van der Waals surface area contributed by atoms with E-state index < -0.39 is 44.6 Å². The Morgan fingerprint density at radius 1 is 1.00 bits per heavy atom. The lowest BCUT2D eigenvalue weighted by atomic mass is 10.4. The summed E-state index contributed by atoms with van der Waals surface area (Å²) < 4.78 is 0. The summed E-state index contributed by atoms with van der Waals surface area (Å²) in [5.41, 5.74) is 0. The summed E-state index contributed by atoms with van der Waals surface area (Å²) in [7, 11) is 0. The Labute approximate surface area is 90.5 Å². The highest BCUT2D eigenvalue weighted by atomic mass is 16.3. The third-order valence-electron chi connectivity index (χ3n) is 2.74. The number of hydrogen-bond acceptors (Lipinski definition) is 5. The number of hydrogen-bond donors (Lipinski definition) is 4. The van der Waals surface area contributed by atoms with Gasteiger partial charge in [-0.25, -0.2) is 9.59 Å². The zero-order valence-electron chi connectivity index (χ0n) is 8.28. The molecule has 9 heteroatoms. The van der Waals surface area contributed by atoms with E-state index in [0.29, 0.717) is 0 Å². The molecule has 2 aliphatic heterocycles. The highest BCUT2D eigenvalue weighted by Crippen LogP contribution is 2.27. The van der Waals surface area contributed by atoms with Crippen LogP contribution in [0.2, 0.25) is 0 Å². The number of rotatable bonds is 3. The lowest BCUT2D eigenvalue weighted by Gasteiger charge is -2.25. The first-order chi connectivity index (χ1) is 7.65. The average molecular weight is 232 g/mol. The van der Waals surface area contributed by atoms with Crippen molar-refractivity contribution in [3.63, 3.8) is 0 Å². The zero-order valence-corrected chi connectivity index (χ0v) is 8.28. The van der Waals surface area contributed by atoms with Crippen molar-refractivity contribution in [2.24, 2.45) is 0 Å². The molecule has 2 saturated heterocycles. The topological polar surface area (TPSA) is 117 Å². The minimum absolute atomic E-state index is 0.554. The van der Waals surface area contributed by atoms with Crippen molar-refractivity contribution in [3.8, 4) is 0 Å². The van der Waals surface area contributed by atoms with E-state index in [4.69, 9.17) is 15.3 Å². The number of aliphatic hydroxyl groups is 3. The van der Waals surface area contributed by atoms with Crippen LogP contribution >= 0.6 is 0 Å². The van der Waals surface area contributed by atoms with Gasteiger partial charge in [-0.3, -0.25) is 14.7 Å². The number of carbonyl (C=O) groups excluding carboxylic acids is 2. The molecule has 0 radical (unpaired) electrons. The number of amides is 4. The first-order valence-electron chi connectivity index (χ1n) is 4.62. The molecule has 2 rings (SSSR count). The molecule has 0 saturated carbocycles. The number of carbonyl (C=O) groups is 2. The molecular weight excluding hydrogens is 220 g/mol. The van der Waals surface area contributed by atoms with Gasteiger partial charge in [0.15, 0.2) is 6.17 Å². The molecule has 0 aliphatic carbocycles. The Balaban J connectivity index is 2.31. The van der Waals surface area contributed by atoms with E-state index in [2.05, 4.69) is 5.32 Å². The van der Waals surface area contributed by atoms with Gasteiger partial charge >= 0.3 is 12.1 Å². The molecule has 9 nitrogen and oxygen atoms in total. The normalized spacial score (nSPS) is 28.8. The molecule has 16 heavy (non-hydrogen) atoms. The Morgan fingerprint density at radius 2 is 1.56 bits per heavy atom. The van der Waals surface area contributed by atoms with Gasteiger partial charge in [0, 0.05) is 0 Å². The van der Waals surface area contributed by atoms with Gasteiger partial charge < -0.3 is 20.6 Å². The van der Waals surface area contributed by atoms with Crippen LogP contribution in [0.5, 0.6) is 0 Å². The molecule has 0 aromatic carbocycles. The number of aliphatic hydroxyl groups excluding tert-OH is 3. The van der Waals surface area contributed by atoms with Crippen LogP contribution in [-0.4, -0.2) is 74.6 Å². The van der Waals surface area contributed by atoms with Crippen LogP contribution in [0.15, 0.2) is 0 Å². The summed E-state index contributed by atoms with van der Waals surface area (Å²) >= 11 is 0. The standard InChI is InChI=1S/C7H12N4O5/c12-1-9-4-5(11(3-14)7(9)16)10(2-13)6(15)8-4/h4-5,12-14H,1-3H2,(H,8,15)/t4-,5-/m0/s1. The second-order valence-electron chi connectivity index (χ2n) is 3.42. The zero-order chi connectivity index (χ0) is 11.9. The summed E-state index contributed by atoms with van der Waals surface area (Å²) in [6, 6.07) is -1.15. The van der Waals surface area contributed by atoms with Gasteiger partial charge in [-0.1, -0.05) is 0 Å². The van der Waals surface area contributed by atoms with Crippen LogP contribution in [0.25, 0.3) is 0 Å². The fourth-order valence-corrected chi connectivity index (χ4v) is 1.99. The second-order valence-corrected chi connectivity index (χ2v) is 3.42. The van der Waals surface area contributed by atoms with Gasteiger partial charge in [-0.2, -0.15) is 0 Å². The summed E-state index contributed by atoms with van der Waals surface area (Å²) in [5, 5.41) is 29.5. The van der Waals surface area contributed by atoms with Gasteiger partial charge in [0.2, 0.25) is 0 Å². The first kappa shape index (κ1) is 10.9. The second kappa shape index (κ2) is 3.77. The first-order valence-corrected chi connectivity index (χ1v) is 4.62. The molecule has 2 fully saturated rings. The predicted octanol–water partition coefficient (Wildman–Crippen LogP) is -2.75. The van der Waals surface area contributed by atoms with E-state index in [1.165, 1.54) is 0 Å². The van der Waals surface area contributed by atoms with Crippen molar-refractivity contribution in [1.29, 1.82) is 0 Å². The molecular formula is C7H12N4O5. The molecule has 90 valence electrons. The molecule has 0 spiro atoms. The van der Waals surface area contributed by atoms with Gasteiger partial charge in [-0.15, -0.1) is 0 Å². The van der Waals surface area contributed by atoms with Crippen molar-refractivity contribution >= 4 is 12.1 Å². The predicted molar refractivity (Wildman–Crippen MR) is 48.3 cm³/mol. The van der Waals surface area contributed by atoms with Crippen molar-refractivity contribution in [1.82, 2.24) is 20.0 Å². The molecule has 0 unspecified atom stereocenters. The molecule has 4 N–H and O–H groups in total. The van der Waals surface area contributed by atoms with E-state index in [1.54, 1.807) is 0 Å². The van der Waals surface area contributed by atoms with Crippen molar-refractivity contribution in [2.45, 2.75) is 12.3 Å². The fraction of sp³-hybridized carbons (Fsp3) is 0.714. The van der Waals surface area contributed by atoms with E-state index in [1.807, 2.05) is 0 Å². The lowest BCUT2D eigenvalue weighted by Crippen LogP contribution is -2.47. The molecule has 4 amide bonds. The maximum absolute atomic E-state index is 11.6. The molecule has 2 atom stereocenters. The van der Waals surface area contributed by atoms with Crippen LogP contribution in [0.4, 0.5) is 9.59 Å². The Morgan fingerprint density at radius 3 is 2.06 bits per heavy atom. The van der Waals surface area contributed by atoms with E-state index in [0.717, 1.165) is 14.7 Å². The molecule has 2 aliphatic rings. The van der Waals surface area contributed by atoms with E-state index in [9.17, 15) is 9.59 Å². The van der Waals surface area contributed by atoms with Crippen LogP contribution in [-0.2, 0) is 0 Å². The van der Waals surface area contributed by atoms with Crippen LogP contribution in [0, 0.1) is 0 Å². The molecule has 2 heterocycles. The van der Waals surface area contributed by atoms with Crippen LogP contribution in [0.1, 0.15) is 0 Å². The molecule has 0 aromatic heterocycles. The summed E-state index contributed by atoms with van der Waals surface area (Å²) in [4.78, 5) is 26.0. The summed E-state index contributed by atoms with van der Waals surface area (Å²) in [6.07, 6.45) is -1.56. The minimum atomic E-state index is -0.804. The van der Waals surface area contributed by atoms with E-state index >= 15 is 0 Å². The monoisotopic (exact) mass is 232 g/mol. The van der Waals surface area contributed by atoms with Crippen LogP contribution in [0.3, 0.4) is 0 Å². The summed E-state index contributed by atoms with van der Waals surface area (Å²) in [6.45, 7) is -1.74. The number of nitrogens with one attached hydrogen (secondary N) is 1. The van der Waals surface area contributed by atoms with Crippen molar-refractivity contribution in [2.75, 3.05) is 20.2 Å². The minimum Gasteiger partial charge on any atom is -0.376 e. The van der Waals surface area contributed by atoms with E-state index in [-0.39, 0.29) is 0 Å². The van der Waals surface area contributed by atoms with Gasteiger partial charge in [-0.05, 0) is 0 Å². The maximum Gasteiger partial charge on any atom is 0.327 e. The van der Waals surface area contributed by atoms with Gasteiger partial charge in [0.25, 0.3) is 0 Å². The summed E-state index contributed by atoms with van der Waals surface area (Å²) in [5.74, 6) is 0. The quantitative estimate of drug-likeness (QED) is 0.421.